The zero-order chi connectivity index (χ0) is 11.9. The Hall–Kier alpha value is 0.788. The molecule has 1 aliphatic rings. The molecule has 15 heavy (non-hydrogen) atoms. The smallest absolute Gasteiger partial charge is 0.293 e. The molecule has 0 aromatic rings. The first-order valence-electron chi connectivity index (χ1n) is 5.92. The Kier molecular flexibility index (Phi) is 3.90. The molecule has 6 heteroatoms. The molecule has 1 fully saturated rings. The average molecular weight is 279 g/mol. The lowest BCUT2D eigenvalue weighted by molar-refractivity contribution is 0.0971. The van der Waals surface area contributed by atoms with Gasteiger partial charge in [0.1, 0.15) is 0 Å². The predicted octanol–water partition coefficient (Wildman–Crippen LogP) is 1.74. The molecule has 1 unspecified atom stereocenters. The van der Waals surface area contributed by atoms with Crippen molar-refractivity contribution in [1.29, 1.82) is 0 Å². The third kappa shape index (κ3) is 4.27. The maximum absolute atomic E-state index is 6.36. The third-order valence-corrected chi connectivity index (χ3v) is 32.8. The molecule has 0 radical (unpaired) electrons. The van der Waals surface area contributed by atoms with Gasteiger partial charge in [-0.25, -0.2) is 0 Å². The maximum atomic E-state index is 6.36. The van der Waals surface area contributed by atoms with Gasteiger partial charge in [-0.05, 0) is 39.5 Å². The van der Waals surface area contributed by atoms with Gasteiger partial charge in [-0.3, -0.25) is 0 Å². The minimum atomic E-state index is -1.71. The summed E-state index contributed by atoms with van der Waals surface area (Å²) in [7, 11) is -3.69. The van der Waals surface area contributed by atoms with Gasteiger partial charge < -0.3 is 8.54 Å². The van der Waals surface area contributed by atoms with E-state index in [-0.39, 0.29) is 14.2 Å². The third-order valence-electron chi connectivity index (χ3n) is 2.68. The molecule has 0 bridgehead atoms. The van der Waals surface area contributed by atoms with Crippen LogP contribution in [0.4, 0.5) is 0 Å². The minimum absolute atomic E-state index is 0.0885. The number of rotatable bonds is 2. The molecular formula is C9H26O2Si4. The summed E-state index contributed by atoms with van der Waals surface area (Å²) in [5.41, 5.74) is 0.0885. The van der Waals surface area contributed by atoms with Gasteiger partial charge in [0.05, 0.1) is 14.2 Å². The van der Waals surface area contributed by atoms with Gasteiger partial charge in [0.2, 0.25) is 0 Å². The van der Waals surface area contributed by atoms with E-state index >= 15 is 0 Å². The molecule has 0 aromatic heterocycles. The van der Waals surface area contributed by atoms with E-state index in [1.165, 1.54) is 6.04 Å². The molecule has 2 nitrogen and oxygen atoms in total. The SMILES string of the molecule is C[SiH](C)O[Si]1(C)OC(C)(C)C[Si](C)(C)[SiH2]1. The Morgan fingerprint density at radius 3 is 2.20 bits per heavy atom. The summed E-state index contributed by atoms with van der Waals surface area (Å²) >= 11 is 0. The highest BCUT2D eigenvalue weighted by atomic mass is 29.6. The van der Waals surface area contributed by atoms with Crippen LogP contribution in [0.25, 0.3) is 0 Å². The van der Waals surface area contributed by atoms with Gasteiger partial charge >= 0.3 is 0 Å². The molecule has 1 aliphatic heterocycles. The highest BCUT2D eigenvalue weighted by Gasteiger charge is 2.50. The summed E-state index contributed by atoms with van der Waals surface area (Å²) in [5.74, 6) is 0. The van der Waals surface area contributed by atoms with E-state index in [1.807, 2.05) is 0 Å². The Balaban J connectivity index is 2.82. The van der Waals surface area contributed by atoms with Crippen LogP contribution in [0.3, 0.4) is 0 Å². The van der Waals surface area contributed by atoms with Crippen molar-refractivity contribution in [3.63, 3.8) is 0 Å². The summed E-state index contributed by atoms with van der Waals surface area (Å²) in [6.45, 7) is 16.5. The van der Waals surface area contributed by atoms with Gasteiger partial charge in [-0.15, -0.1) is 0 Å². The lowest BCUT2D eigenvalue weighted by Gasteiger charge is -2.48. The predicted molar refractivity (Wildman–Crippen MR) is 77.6 cm³/mol. The summed E-state index contributed by atoms with van der Waals surface area (Å²) in [4.78, 5) is 0. The fraction of sp³-hybridized carbons (Fsp3) is 1.00. The van der Waals surface area contributed by atoms with E-state index in [0.717, 1.165) is 0 Å². The van der Waals surface area contributed by atoms with Crippen LogP contribution in [0, 0.1) is 0 Å². The van der Waals surface area contributed by atoms with E-state index in [1.54, 1.807) is 0 Å². The number of hydrogen-bond donors (Lipinski definition) is 0. The van der Waals surface area contributed by atoms with Crippen LogP contribution >= 0.6 is 0 Å². The molecule has 0 saturated carbocycles. The largest absolute Gasteiger partial charge is 0.442 e. The van der Waals surface area contributed by atoms with E-state index in [4.69, 9.17) is 8.54 Å². The van der Waals surface area contributed by atoms with E-state index < -0.39 is 24.7 Å². The van der Waals surface area contributed by atoms with E-state index in [9.17, 15) is 0 Å². The molecule has 1 atom stereocenters. The van der Waals surface area contributed by atoms with Crippen LogP contribution in [0.5, 0.6) is 0 Å². The molecule has 0 N–H and O–H groups in total. The highest BCUT2D eigenvalue weighted by Crippen LogP contribution is 2.34. The van der Waals surface area contributed by atoms with Crippen molar-refractivity contribution in [3.05, 3.63) is 0 Å². The number of hydrogen-bond acceptors (Lipinski definition) is 2. The summed E-state index contributed by atoms with van der Waals surface area (Å²) in [6, 6.07) is 1.33. The quantitative estimate of drug-likeness (QED) is 0.717. The summed E-state index contributed by atoms with van der Waals surface area (Å²) in [6.07, 6.45) is 0. The Morgan fingerprint density at radius 2 is 1.80 bits per heavy atom. The van der Waals surface area contributed by atoms with Crippen molar-refractivity contribution in [1.82, 2.24) is 0 Å². The van der Waals surface area contributed by atoms with E-state index in [0.29, 0.717) is 0 Å². The van der Waals surface area contributed by atoms with Crippen LogP contribution in [0.1, 0.15) is 13.8 Å². The van der Waals surface area contributed by atoms with Crippen LogP contribution in [-0.4, -0.2) is 38.9 Å². The van der Waals surface area contributed by atoms with Crippen molar-refractivity contribution in [2.24, 2.45) is 0 Å². The summed E-state index contributed by atoms with van der Waals surface area (Å²) in [5, 5.41) is 0. The van der Waals surface area contributed by atoms with Gasteiger partial charge in [0.25, 0.3) is 8.08 Å². The molecule has 0 aromatic carbocycles. The van der Waals surface area contributed by atoms with Gasteiger partial charge in [-0.1, -0.05) is 13.1 Å². The van der Waals surface area contributed by atoms with Crippen molar-refractivity contribution in [2.75, 3.05) is 0 Å². The second kappa shape index (κ2) is 4.23. The Morgan fingerprint density at radius 1 is 1.27 bits per heavy atom. The van der Waals surface area contributed by atoms with Crippen LogP contribution in [0.2, 0.25) is 38.8 Å². The van der Waals surface area contributed by atoms with Crippen LogP contribution in [-0.2, 0) is 8.54 Å². The van der Waals surface area contributed by atoms with E-state index in [2.05, 4.69) is 46.6 Å². The fourth-order valence-corrected chi connectivity index (χ4v) is 45.7. The molecule has 1 rings (SSSR count). The van der Waals surface area contributed by atoms with Gasteiger partial charge in [0, 0.05) is 7.59 Å². The van der Waals surface area contributed by atoms with Crippen molar-refractivity contribution < 1.29 is 8.54 Å². The molecule has 90 valence electrons. The average Bonchev–Trinajstić information content (AvgIpc) is 1.70. The molecule has 0 spiro atoms. The zero-order valence-electron chi connectivity index (χ0n) is 11.3. The molecule has 1 saturated heterocycles. The zero-order valence-corrected chi connectivity index (χ0v) is 15.9. The first-order valence-corrected chi connectivity index (χ1v) is 18.9. The lowest BCUT2D eigenvalue weighted by atomic mass is 10.2. The van der Waals surface area contributed by atoms with Gasteiger partial charge in [-0.2, -0.15) is 0 Å². The van der Waals surface area contributed by atoms with Crippen molar-refractivity contribution in [2.45, 2.75) is 58.2 Å². The van der Waals surface area contributed by atoms with Crippen LogP contribution < -0.4 is 0 Å². The van der Waals surface area contributed by atoms with Crippen LogP contribution in [0.15, 0.2) is 0 Å². The van der Waals surface area contributed by atoms with Crippen molar-refractivity contribution in [3.8, 4) is 0 Å². The Bertz CT molecular complexity index is 224. The Labute approximate surface area is 100 Å². The second-order valence-electron chi connectivity index (χ2n) is 6.68. The lowest BCUT2D eigenvalue weighted by Crippen LogP contribution is -2.67. The fourth-order valence-electron chi connectivity index (χ4n) is 3.31. The first kappa shape index (κ1) is 13.9. The monoisotopic (exact) mass is 278 g/mol. The molecular weight excluding hydrogens is 252 g/mol. The topological polar surface area (TPSA) is 18.5 Å². The first-order chi connectivity index (χ1) is 6.54. The standard InChI is InChI=1S/C9H26O2Si4/c1-9(2)8-14(5,6)12-15(7,10-9)11-13(3)4/h13H,8,12H2,1-7H3. The van der Waals surface area contributed by atoms with Gasteiger partial charge in [0.15, 0.2) is 9.04 Å². The highest BCUT2D eigenvalue weighted by molar-refractivity contribution is 7.50. The molecule has 1 heterocycles. The van der Waals surface area contributed by atoms with Crippen molar-refractivity contribution >= 4 is 33.3 Å². The normalized spacial score (nSPS) is 36.0. The minimum Gasteiger partial charge on any atom is -0.442 e. The summed E-state index contributed by atoms with van der Waals surface area (Å²) < 4.78 is 12.7. The molecule has 0 aliphatic carbocycles. The maximum Gasteiger partial charge on any atom is 0.293 e. The second-order valence-corrected chi connectivity index (χ2v) is 31.1. The molecule has 0 amide bonds.